The molecule has 1 N–H and O–H groups in total. The summed E-state index contributed by atoms with van der Waals surface area (Å²) in [4.78, 5) is 11.2. The molecule has 8 heteroatoms. The molecule has 112 valence electrons. The normalized spacial score (nSPS) is 11.3. The van der Waals surface area contributed by atoms with Crippen LogP contribution in [0.25, 0.3) is 0 Å². The Bertz CT molecular complexity index is 693. The molecule has 0 spiro atoms. The molecule has 0 atom stereocenters. The van der Waals surface area contributed by atoms with Gasteiger partial charge < -0.3 is 9.26 Å². The maximum absolute atomic E-state index is 12.1. The Morgan fingerprint density at radius 1 is 1.29 bits per heavy atom. The van der Waals surface area contributed by atoms with Gasteiger partial charge in [-0.1, -0.05) is 17.3 Å². The minimum absolute atomic E-state index is 0.0201. The van der Waals surface area contributed by atoms with Crippen molar-refractivity contribution in [2.75, 3.05) is 7.11 Å². The zero-order chi connectivity index (χ0) is 15.3. The number of nitrogens with zero attached hydrogens (tertiary/aromatic N) is 1. The van der Waals surface area contributed by atoms with Gasteiger partial charge in [0.1, 0.15) is 0 Å². The lowest BCUT2D eigenvalue weighted by molar-refractivity contribution is -0.139. The molecule has 1 heterocycles. The second-order valence-corrected chi connectivity index (χ2v) is 5.97. The molecule has 1 aromatic heterocycles. The van der Waals surface area contributed by atoms with E-state index < -0.39 is 10.0 Å². The number of hydrogen-bond donors (Lipinski definition) is 1. The summed E-state index contributed by atoms with van der Waals surface area (Å²) in [5.74, 6) is 0.0370. The number of hydrogen-bond acceptors (Lipinski definition) is 6. The standard InChI is InChI=1S/C13H14N2O5S/c1-19-13(16)8-10-2-4-12(5-3-10)21(17,18)15-9-11-6-7-14-20-11/h2-7,15H,8-9H2,1H3. The average Bonchev–Trinajstić information content (AvgIpc) is 2.99. The lowest BCUT2D eigenvalue weighted by Crippen LogP contribution is -2.23. The van der Waals surface area contributed by atoms with Crippen molar-refractivity contribution in [3.63, 3.8) is 0 Å². The summed E-state index contributed by atoms with van der Waals surface area (Å²) in [5, 5.41) is 3.49. The molecule has 0 radical (unpaired) electrons. The van der Waals surface area contributed by atoms with Crippen LogP contribution in [-0.2, 0) is 32.5 Å². The molecule has 21 heavy (non-hydrogen) atoms. The van der Waals surface area contributed by atoms with E-state index in [4.69, 9.17) is 4.52 Å². The van der Waals surface area contributed by atoms with Crippen LogP contribution in [0.2, 0.25) is 0 Å². The van der Waals surface area contributed by atoms with Crippen LogP contribution in [-0.4, -0.2) is 26.7 Å². The Hall–Kier alpha value is -2.19. The van der Waals surface area contributed by atoms with Crippen LogP contribution in [0.1, 0.15) is 11.3 Å². The lowest BCUT2D eigenvalue weighted by atomic mass is 10.2. The highest BCUT2D eigenvalue weighted by Gasteiger charge is 2.14. The second kappa shape index (κ2) is 6.51. The fraction of sp³-hybridized carbons (Fsp3) is 0.231. The summed E-state index contributed by atoms with van der Waals surface area (Å²) >= 11 is 0. The van der Waals surface area contributed by atoms with E-state index in [0.717, 1.165) is 0 Å². The van der Waals surface area contributed by atoms with Crippen molar-refractivity contribution in [3.05, 3.63) is 47.9 Å². The van der Waals surface area contributed by atoms with Gasteiger partial charge in [-0.05, 0) is 17.7 Å². The minimum atomic E-state index is -3.64. The zero-order valence-electron chi connectivity index (χ0n) is 11.3. The number of aromatic nitrogens is 1. The summed E-state index contributed by atoms with van der Waals surface area (Å²) in [5.41, 5.74) is 0.677. The molecule has 0 amide bonds. The van der Waals surface area contributed by atoms with Crippen molar-refractivity contribution in [1.29, 1.82) is 0 Å². The van der Waals surface area contributed by atoms with Gasteiger partial charge in [-0.15, -0.1) is 0 Å². The van der Waals surface area contributed by atoms with Crippen molar-refractivity contribution >= 4 is 16.0 Å². The maximum atomic E-state index is 12.1. The molecule has 0 unspecified atom stereocenters. The highest BCUT2D eigenvalue weighted by atomic mass is 32.2. The second-order valence-electron chi connectivity index (χ2n) is 4.20. The van der Waals surface area contributed by atoms with Gasteiger partial charge in [-0.2, -0.15) is 0 Å². The Morgan fingerprint density at radius 2 is 2.00 bits per heavy atom. The van der Waals surface area contributed by atoms with E-state index in [9.17, 15) is 13.2 Å². The molecule has 0 saturated carbocycles. The third-order valence-electron chi connectivity index (χ3n) is 2.74. The number of ether oxygens (including phenoxy) is 1. The van der Waals surface area contributed by atoms with E-state index >= 15 is 0 Å². The Morgan fingerprint density at radius 3 is 2.57 bits per heavy atom. The molecule has 0 bridgehead atoms. The first kappa shape index (κ1) is 15.2. The number of rotatable bonds is 6. The maximum Gasteiger partial charge on any atom is 0.309 e. The predicted octanol–water partition coefficient (Wildman–Crippen LogP) is 0.869. The summed E-state index contributed by atoms with van der Waals surface area (Å²) in [6.45, 7) is 0.0201. The van der Waals surface area contributed by atoms with Crippen LogP contribution >= 0.6 is 0 Å². The van der Waals surface area contributed by atoms with E-state index in [1.165, 1.54) is 25.4 Å². The highest BCUT2D eigenvalue weighted by molar-refractivity contribution is 7.89. The molecule has 0 aliphatic rings. The predicted molar refractivity (Wildman–Crippen MR) is 72.7 cm³/mol. The summed E-state index contributed by atoms with van der Waals surface area (Å²) in [6, 6.07) is 7.57. The first-order valence-electron chi connectivity index (χ1n) is 6.06. The van der Waals surface area contributed by atoms with E-state index in [-0.39, 0.29) is 23.8 Å². The zero-order valence-corrected chi connectivity index (χ0v) is 12.1. The average molecular weight is 310 g/mol. The molecule has 7 nitrogen and oxygen atoms in total. The number of carbonyl (C=O) groups is 1. The Balaban J connectivity index is 2.04. The van der Waals surface area contributed by atoms with Crippen LogP contribution in [0.5, 0.6) is 0 Å². The Labute approximate surface area is 121 Å². The number of esters is 1. The molecule has 0 saturated heterocycles. The minimum Gasteiger partial charge on any atom is -0.469 e. The molecule has 2 aromatic rings. The number of benzene rings is 1. The summed E-state index contributed by atoms with van der Waals surface area (Å²) < 4.78 is 35.9. The van der Waals surface area contributed by atoms with Crippen LogP contribution in [0, 0.1) is 0 Å². The van der Waals surface area contributed by atoms with Crippen molar-refractivity contribution in [1.82, 2.24) is 9.88 Å². The van der Waals surface area contributed by atoms with Gasteiger partial charge in [0.15, 0.2) is 5.76 Å². The third-order valence-corrected chi connectivity index (χ3v) is 4.15. The van der Waals surface area contributed by atoms with Gasteiger partial charge in [0.2, 0.25) is 10.0 Å². The molecule has 1 aromatic carbocycles. The van der Waals surface area contributed by atoms with E-state index in [1.807, 2.05) is 0 Å². The fourth-order valence-electron chi connectivity index (χ4n) is 1.61. The number of sulfonamides is 1. The topological polar surface area (TPSA) is 98.5 Å². The van der Waals surface area contributed by atoms with Crippen LogP contribution in [0.4, 0.5) is 0 Å². The van der Waals surface area contributed by atoms with Gasteiger partial charge >= 0.3 is 5.97 Å². The largest absolute Gasteiger partial charge is 0.469 e. The van der Waals surface area contributed by atoms with Crippen LogP contribution < -0.4 is 4.72 Å². The smallest absolute Gasteiger partial charge is 0.309 e. The summed E-state index contributed by atoms with van der Waals surface area (Å²) in [7, 11) is -2.34. The molecular weight excluding hydrogens is 296 g/mol. The highest BCUT2D eigenvalue weighted by Crippen LogP contribution is 2.12. The number of methoxy groups -OCH3 is 1. The molecule has 0 aliphatic carbocycles. The van der Waals surface area contributed by atoms with Gasteiger partial charge in [0.25, 0.3) is 0 Å². The van der Waals surface area contributed by atoms with Crippen LogP contribution in [0.15, 0.2) is 45.9 Å². The SMILES string of the molecule is COC(=O)Cc1ccc(S(=O)(=O)NCc2ccno2)cc1. The van der Waals surface area contributed by atoms with E-state index in [1.54, 1.807) is 18.2 Å². The molecule has 0 aliphatic heterocycles. The first-order chi connectivity index (χ1) is 10.0. The first-order valence-corrected chi connectivity index (χ1v) is 7.54. The lowest BCUT2D eigenvalue weighted by Gasteiger charge is -2.06. The van der Waals surface area contributed by atoms with E-state index in [2.05, 4.69) is 14.6 Å². The summed E-state index contributed by atoms with van der Waals surface area (Å²) in [6.07, 6.45) is 1.54. The van der Waals surface area contributed by atoms with Crippen molar-refractivity contribution in [2.24, 2.45) is 0 Å². The molecule has 0 fully saturated rings. The van der Waals surface area contributed by atoms with Crippen molar-refractivity contribution in [3.8, 4) is 0 Å². The van der Waals surface area contributed by atoms with Crippen molar-refractivity contribution in [2.45, 2.75) is 17.9 Å². The van der Waals surface area contributed by atoms with Gasteiger partial charge in [-0.3, -0.25) is 4.79 Å². The fourth-order valence-corrected chi connectivity index (χ4v) is 2.60. The van der Waals surface area contributed by atoms with Crippen LogP contribution in [0.3, 0.4) is 0 Å². The van der Waals surface area contributed by atoms with Gasteiger partial charge in [-0.25, -0.2) is 13.1 Å². The van der Waals surface area contributed by atoms with E-state index in [0.29, 0.717) is 11.3 Å². The molecular formula is C13H14N2O5S. The number of carbonyl (C=O) groups excluding carboxylic acids is 1. The quantitative estimate of drug-likeness (QED) is 0.795. The van der Waals surface area contributed by atoms with Gasteiger partial charge in [0, 0.05) is 6.07 Å². The third kappa shape index (κ3) is 4.14. The van der Waals surface area contributed by atoms with Crippen molar-refractivity contribution < 1.29 is 22.5 Å². The Kier molecular flexibility index (Phi) is 4.71. The monoisotopic (exact) mass is 310 g/mol. The van der Waals surface area contributed by atoms with Gasteiger partial charge in [0.05, 0.1) is 31.2 Å². The molecule has 2 rings (SSSR count). The number of nitrogens with one attached hydrogen (secondary N) is 1.